The van der Waals surface area contributed by atoms with Crippen molar-refractivity contribution in [3.8, 4) is 5.75 Å². The van der Waals surface area contributed by atoms with Crippen molar-refractivity contribution in [1.29, 1.82) is 0 Å². The maximum atomic E-state index is 11.9. The Morgan fingerprint density at radius 2 is 1.67 bits per heavy atom. The van der Waals surface area contributed by atoms with Crippen LogP contribution < -0.4 is 21.1 Å². The SMILES string of the molecule is CCNC(=NCc1ccc(C(=O)NCC(N)=O)cc1)N(C)Cc1ccc(OC)cc1. The van der Waals surface area contributed by atoms with Gasteiger partial charge in [-0.2, -0.15) is 0 Å². The molecule has 8 nitrogen and oxygen atoms in total. The lowest BCUT2D eigenvalue weighted by molar-refractivity contribution is -0.117. The summed E-state index contributed by atoms with van der Waals surface area (Å²) in [6.07, 6.45) is 0. The van der Waals surface area contributed by atoms with Crippen molar-refractivity contribution in [3.63, 3.8) is 0 Å². The summed E-state index contributed by atoms with van der Waals surface area (Å²) in [6, 6.07) is 15.0. The van der Waals surface area contributed by atoms with E-state index >= 15 is 0 Å². The van der Waals surface area contributed by atoms with Crippen LogP contribution in [0.5, 0.6) is 5.75 Å². The van der Waals surface area contributed by atoms with E-state index in [1.54, 1.807) is 19.2 Å². The third-order valence-corrected chi connectivity index (χ3v) is 4.33. The monoisotopic (exact) mass is 411 g/mol. The van der Waals surface area contributed by atoms with Gasteiger partial charge in [0.25, 0.3) is 5.91 Å². The molecule has 0 radical (unpaired) electrons. The van der Waals surface area contributed by atoms with Crippen LogP contribution in [0.15, 0.2) is 53.5 Å². The summed E-state index contributed by atoms with van der Waals surface area (Å²) in [6.45, 7) is 3.77. The molecule has 2 rings (SSSR count). The molecule has 0 spiro atoms. The van der Waals surface area contributed by atoms with E-state index < -0.39 is 5.91 Å². The number of methoxy groups -OCH3 is 1. The van der Waals surface area contributed by atoms with Gasteiger partial charge in [0.15, 0.2) is 5.96 Å². The molecule has 0 aromatic heterocycles. The standard InChI is InChI=1S/C22H29N5O3/c1-4-24-22(27(2)15-17-7-11-19(30-3)12-8-17)26-13-16-5-9-18(10-6-16)21(29)25-14-20(23)28/h5-12H,4,13-15H2,1-3H3,(H2,23,28)(H,24,26)(H,25,29). The molecule has 2 aromatic carbocycles. The zero-order chi connectivity index (χ0) is 21.9. The number of hydrogen-bond donors (Lipinski definition) is 3. The number of benzene rings is 2. The van der Waals surface area contributed by atoms with Crippen molar-refractivity contribution in [1.82, 2.24) is 15.5 Å². The van der Waals surface area contributed by atoms with Gasteiger partial charge in [0, 0.05) is 25.7 Å². The van der Waals surface area contributed by atoms with Gasteiger partial charge < -0.3 is 26.0 Å². The third kappa shape index (κ3) is 7.12. The fourth-order valence-electron chi connectivity index (χ4n) is 2.75. The number of nitrogens with two attached hydrogens (primary N) is 1. The molecule has 4 N–H and O–H groups in total. The van der Waals surface area contributed by atoms with Crippen LogP contribution in [0.1, 0.15) is 28.4 Å². The highest BCUT2D eigenvalue weighted by atomic mass is 16.5. The van der Waals surface area contributed by atoms with Crippen LogP contribution in [0, 0.1) is 0 Å². The van der Waals surface area contributed by atoms with Gasteiger partial charge in [0.1, 0.15) is 5.75 Å². The van der Waals surface area contributed by atoms with Crippen molar-refractivity contribution >= 4 is 17.8 Å². The molecule has 2 amide bonds. The quantitative estimate of drug-likeness (QED) is 0.428. The average Bonchev–Trinajstić information content (AvgIpc) is 2.75. The number of guanidine groups is 1. The minimum Gasteiger partial charge on any atom is -0.497 e. The molecular formula is C22H29N5O3. The molecule has 0 aliphatic carbocycles. The first-order chi connectivity index (χ1) is 14.4. The highest BCUT2D eigenvalue weighted by molar-refractivity contribution is 5.96. The zero-order valence-corrected chi connectivity index (χ0v) is 17.6. The van der Waals surface area contributed by atoms with Crippen LogP contribution in [0.2, 0.25) is 0 Å². The Hall–Kier alpha value is -3.55. The number of carbonyl (C=O) groups is 2. The first-order valence-electron chi connectivity index (χ1n) is 9.70. The Morgan fingerprint density at radius 1 is 1.03 bits per heavy atom. The lowest BCUT2D eigenvalue weighted by Crippen LogP contribution is -2.38. The topological polar surface area (TPSA) is 109 Å². The van der Waals surface area contributed by atoms with Crippen LogP contribution in [-0.2, 0) is 17.9 Å². The van der Waals surface area contributed by atoms with Gasteiger partial charge in [-0.15, -0.1) is 0 Å². The number of hydrogen-bond acceptors (Lipinski definition) is 4. The number of nitrogens with zero attached hydrogens (tertiary/aromatic N) is 2. The van der Waals surface area contributed by atoms with Gasteiger partial charge in [-0.3, -0.25) is 9.59 Å². The van der Waals surface area contributed by atoms with Crippen molar-refractivity contribution in [2.24, 2.45) is 10.7 Å². The van der Waals surface area contributed by atoms with Crippen molar-refractivity contribution in [2.75, 3.05) is 27.2 Å². The zero-order valence-electron chi connectivity index (χ0n) is 17.6. The van der Waals surface area contributed by atoms with E-state index in [1.807, 2.05) is 50.4 Å². The lowest BCUT2D eigenvalue weighted by Gasteiger charge is -2.22. The molecule has 0 bridgehead atoms. The molecule has 0 heterocycles. The summed E-state index contributed by atoms with van der Waals surface area (Å²) in [4.78, 5) is 29.5. The second kappa shape index (κ2) is 11.5. The van der Waals surface area contributed by atoms with Crippen molar-refractivity contribution in [2.45, 2.75) is 20.0 Å². The molecule has 2 aromatic rings. The van der Waals surface area contributed by atoms with E-state index in [0.29, 0.717) is 18.7 Å². The lowest BCUT2D eigenvalue weighted by atomic mass is 10.1. The number of aliphatic imine (C=N–C) groups is 1. The molecule has 0 unspecified atom stereocenters. The van der Waals surface area contributed by atoms with E-state index in [0.717, 1.165) is 29.4 Å². The maximum absolute atomic E-state index is 11.9. The highest BCUT2D eigenvalue weighted by Crippen LogP contribution is 2.13. The minimum atomic E-state index is -0.580. The Balaban J connectivity index is 2.00. The fourth-order valence-corrected chi connectivity index (χ4v) is 2.75. The van der Waals surface area contributed by atoms with Gasteiger partial charge in [-0.05, 0) is 42.3 Å². The molecular weight excluding hydrogens is 382 g/mol. The summed E-state index contributed by atoms with van der Waals surface area (Å²) in [7, 11) is 3.63. The van der Waals surface area contributed by atoms with Crippen molar-refractivity contribution < 1.29 is 14.3 Å². The molecule has 0 fully saturated rings. The first-order valence-corrected chi connectivity index (χ1v) is 9.70. The summed E-state index contributed by atoms with van der Waals surface area (Å²) in [5.74, 6) is 0.700. The first kappa shape index (κ1) is 22.7. The second-order valence-electron chi connectivity index (χ2n) is 6.72. The summed E-state index contributed by atoms with van der Waals surface area (Å²) in [5.41, 5.74) is 7.62. The Labute approximate surface area is 177 Å². The van der Waals surface area contributed by atoms with Crippen molar-refractivity contribution in [3.05, 3.63) is 65.2 Å². The maximum Gasteiger partial charge on any atom is 0.251 e. The molecule has 0 saturated carbocycles. The molecule has 30 heavy (non-hydrogen) atoms. The van der Waals surface area contributed by atoms with E-state index in [9.17, 15) is 9.59 Å². The van der Waals surface area contributed by atoms with Gasteiger partial charge >= 0.3 is 0 Å². The third-order valence-electron chi connectivity index (χ3n) is 4.33. The number of ether oxygens (including phenoxy) is 1. The number of carbonyl (C=O) groups excluding carboxylic acids is 2. The average molecular weight is 412 g/mol. The number of rotatable bonds is 9. The predicted octanol–water partition coefficient (Wildman–Crippen LogP) is 1.51. The Bertz CT molecular complexity index is 863. The van der Waals surface area contributed by atoms with E-state index in [-0.39, 0.29) is 12.5 Å². The molecule has 160 valence electrons. The van der Waals surface area contributed by atoms with Crippen LogP contribution in [0.25, 0.3) is 0 Å². The Kier molecular flexibility index (Phi) is 8.68. The van der Waals surface area contributed by atoms with E-state index in [1.165, 1.54) is 0 Å². The molecule has 0 aliphatic rings. The number of primary amides is 1. The second-order valence-corrected chi connectivity index (χ2v) is 6.72. The van der Waals surface area contributed by atoms with Gasteiger partial charge in [0.2, 0.25) is 5.91 Å². The molecule has 8 heteroatoms. The smallest absolute Gasteiger partial charge is 0.251 e. The summed E-state index contributed by atoms with van der Waals surface area (Å²) in [5, 5.41) is 5.76. The van der Waals surface area contributed by atoms with Crippen LogP contribution in [-0.4, -0.2) is 49.9 Å². The summed E-state index contributed by atoms with van der Waals surface area (Å²) < 4.78 is 5.20. The largest absolute Gasteiger partial charge is 0.497 e. The molecule has 0 saturated heterocycles. The van der Waals surface area contributed by atoms with Gasteiger partial charge in [0.05, 0.1) is 20.2 Å². The van der Waals surface area contributed by atoms with E-state index in [4.69, 9.17) is 15.5 Å². The minimum absolute atomic E-state index is 0.183. The molecule has 0 atom stereocenters. The van der Waals surface area contributed by atoms with Gasteiger partial charge in [-0.25, -0.2) is 4.99 Å². The molecule has 0 aliphatic heterocycles. The summed E-state index contributed by atoms with van der Waals surface area (Å²) >= 11 is 0. The number of nitrogens with one attached hydrogen (secondary N) is 2. The van der Waals surface area contributed by atoms with E-state index in [2.05, 4.69) is 15.5 Å². The van der Waals surface area contributed by atoms with Crippen LogP contribution in [0.3, 0.4) is 0 Å². The fraction of sp³-hybridized carbons (Fsp3) is 0.318. The highest BCUT2D eigenvalue weighted by Gasteiger charge is 2.08. The number of amides is 2. The van der Waals surface area contributed by atoms with Crippen LogP contribution >= 0.6 is 0 Å². The normalized spacial score (nSPS) is 11.0. The predicted molar refractivity (Wildman–Crippen MR) is 117 cm³/mol. The van der Waals surface area contributed by atoms with Crippen LogP contribution in [0.4, 0.5) is 0 Å². The Morgan fingerprint density at radius 3 is 2.23 bits per heavy atom. The van der Waals surface area contributed by atoms with Gasteiger partial charge in [-0.1, -0.05) is 24.3 Å².